The smallest absolute Gasteiger partial charge is 0.0736 e. The van der Waals surface area contributed by atoms with Crippen LogP contribution in [0.15, 0.2) is 29.6 Å². The summed E-state index contributed by atoms with van der Waals surface area (Å²) in [6.07, 6.45) is 0. The third-order valence-electron chi connectivity index (χ3n) is 3.29. The summed E-state index contributed by atoms with van der Waals surface area (Å²) >= 11 is 1.74. The summed E-state index contributed by atoms with van der Waals surface area (Å²) < 4.78 is 0. The zero-order valence-corrected chi connectivity index (χ0v) is 11.7. The number of rotatable bonds is 2. The van der Waals surface area contributed by atoms with E-state index in [0.717, 1.165) is 0 Å². The van der Waals surface area contributed by atoms with Gasteiger partial charge in [0.2, 0.25) is 0 Å². The Morgan fingerprint density at radius 1 is 1.06 bits per heavy atom. The molecule has 0 amide bonds. The maximum absolute atomic E-state index is 6.58. The van der Waals surface area contributed by atoms with Crippen molar-refractivity contribution < 1.29 is 0 Å². The van der Waals surface area contributed by atoms with Gasteiger partial charge >= 0.3 is 0 Å². The van der Waals surface area contributed by atoms with E-state index in [-0.39, 0.29) is 0 Å². The molecular formula is C15H19NS. The Labute approximate surface area is 107 Å². The van der Waals surface area contributed by atoms with Crippen LogP contribution >= 0.6 is 11.3 Å². The van der Waals surface area contributed by atoms with Crippen LogP contribution in [-0.4, -0.2) is 0 Å². The van der Waals surface area contributed by atoms with Gasteiger partial charge in [-0.15, -0.1) is 11.3 Å². The van der Waals surface area contributed by atoms with Crippen molar-refractivity contribution in [3.05, 3.63) is 56.8 Å². The number of hydrogen-bond donors (Lipinski definition) is 1. The summed E-state index contributed by atoms with van der Waals surface area (Å²) in [6.45, 7) is 8.47. The van der Waals surface area contributed by atoms with Crippen molar-refractivity contribution in [2.24, 2.45) is 5.73 Å². The summed E-state index contributed by atoms with van der Waals surface area (Å²) in [7, 11) is 0. The molecule has 1 aromatic carbocycles. The maximum Gasteiger partial charge on any atom is 0.0736 e. The van der Waals surface area contributed by atoms with Crippen LogP contribution in [-0.2, 0) is 5.54 Å². The van der Waals surface area contributed by atoms with Crippen LogP contribution in [0.5, 0.6) is 0 Å². The van der Waals surface area contributed by atoms with Gasteiger partial charge in [-0.25, -0.2) is 0 Å². The van der Waals surface area contributed by atoms with Crippen molar-refractivity contribution in [2.75, 3.05) is 0 Å². The van der Waals surface area contributed by atoms with Gasteiger partial charge in [-0.2, -0.15) is 0 Å². The third-order valence-corrected chi connectivity index (χ3v) is 4.54. The minimum absolute atomic E-state index is 0.394. The van der Waals surface area contributed by atoms with E-state index in [0.29, 0.717) is 0 Å². The maximum atomic E-state index is 6.58. The number of benzene rings is 1. The molecule has 0 fully saturated rings. The van der Waals surface area contributed by atoms with Crippen LogP contribution in [0.3, 0.4) is 0 Å². The van der Waals surface area contributed by atoms with Gasteiger partial charge in [0.05, 0.1) is 5.54 Å². The highest BCUT2D eigenvalue weighted by molar-refractivity contribution is 7.10. The normalized spacial score (nSPS) is 14.6. The van der Waals surface area contributed by atoms with Gasteiger partial charge in [0.15, 0.2) is 0 Å². The van der Waals surface area contributed by atoms with E-state index in [1.54, 1.807) is 11.3 Å². The number of hydrogen-bond acceptors (Lipinski definition) is 2. The molecule has 0 aliphatic rings. The first-order chi connectivity index (χ1) is 7.93. The Balaban J connectivity index is 2.59. The zero-order valence-electron chi connectivity index (χ0n) is 10.9. The summed E-state index contributed by atoms with van der Waals surface area (Å²) in [5.74, 6) is 0. The van der Waals surface area contributed by atoms with Gasteiger partial charge in [-0.1, -0.05) is 23.8 Å². The second-order valence-electron chi connectivity index (χ2n) is 4.95. The fraction of sp³-hybridized carbons (Fsp3) is 0.333. The van der Waals surface area contributed by atoms with E-state index in [1.165, 1.54) is 27.1 Å². The van der Waals surface area contributed by atoms with Gasteiger partial charge in [0.25, 0.3) is 0 Å². The fourth-order valence-electron chi connectivity index (χ4n) is 2.32. The van der Waals surface area contributed by atoms with Crippen LogP contribution in [0.1, 0.15) is 34.1 Å². The first-order valence-corrected chi connectivity index (χ1v) is 6.72. The van der Waals surface area contributed by atoms with Crippen LogP contribution in [0.2, 0.25) is 0 Å². The third kappa shape index (κ3) is 2.15. The van der Waals surface area contributed by atoms with Crippen molar-refractivity contribution in [1.82, 2.24) is 0 Å². The SMILES string of the molecule is Cc1ccc(C)c(C(C)(N)c2sccc2C)c1. The molecule has 2 rings (SSSR count). The minimum atomic E-state index is -0.394. The summed E-state index contributed by atoms with van der Waals surface area (Å²) in [5.41, 5.74) is 11.2. The molecule has 0 bridgehead atoms. The van der Waals surface area contributed by atoms with Gasteiger partial charge in [-0.3, -0.25) is 0 Å². The molecule has 1 atom stereocenters. The zero-order chi connectivity index (χ0) is 12.6. The molecule has 0 saturated heterocycles. The monoisotopic (exact) mass is 245 g/mol. The molecule has 1 unspecified atom stereocenters. The lowest BCUT2D eigenvalue weighted by Crippen LogP contribution is -2.34. The highest BCUT2D eigenvalue weighted by atomic mass is 32.1. The van der Waals surface area contributed by atoms with Crippen molar-refractivity contribution in [2.45, 2.75) is 33.2 Å². The van der Waals surface area contributed by atoms with E-state index < -0.39 is 5.54 Å². The molecule has 0 saturated carbocycles. The van der Waals surface area contributed by atoms with Gasteiger partial charge in [-0.05, 0) is 55.8 Å². The average Bonchev–Trinajstić information content (AvgIpc) is 2.68. The Bertz CT molecular complexity index is 538. The Kier molecular flexibility index (Phi) is 3.11. The highest BCUT2D eigenvalue weighted by Crippen LogP contribution is 2.34. The van der Waals surface area contributed by atoms with Gasteiger partial charge < -0.3 is 5.73 Å². The molecule has 0 radical (unpaired) electrons. The number of thiophene rings is 1. The molecule has 0 aliphatic heterocycles. The van der Waals surface area contributed by atoms with Crippen molar-refractivity contribution in [3.63, 3.8) is 0 Å². The predicted molar refractivity (Wildman–Crippen MR) is 75.6 cm³/mol. The number of nitrogens with two attached hydrogens (primary N) is 1. The fourth-order valence-corrected chi connectivity index (χ4v) is 3.34. The molecule has 0 spiro atoms. The lowest BCUT2D eigenvalue weighted by molar-refractivity contribution is 0.608. The first-order valence-electron chi connectivity index (χ1n) is 5.84. The topological polar surface area (TPSA) is 26.0 Å². The highest BCUT2D eigenvalue weighted by Gasteiger charge is 2.28. The molecule has 17 heavy (non-hydrogen) atoms. The second kappa shape index (κ2) is 4.28. The van der Waals surface area contributed by atoms with E-state index in [2.05, 4.69) is 57.3 Å². The van der Waals surface area contributed by atoms with Crippen molar-refractivity contribution in [3.8, 4) is 0 Å². The van der Waals surface area contributed by atoms with Crippen molar-refractivity contribution >= 4 is 11.3 Å². The van der Waals surface area contributed by atoms with Crippen LogP contribution < -0.4 is 5.73 Å². The average molecular weight is 245 g/mol. The molecule has 2 N–H and O–H groups in total. The Hall–Kier alpha value is -1.12. The predicted octanol–water partition coefficient (Wildman–Crippen LogP) is 3.90. The van der Waals surface area contributed by atoms with E-state index in [1.807, 2.05) is 0 Å². The lowest BCUT2D eigenvalue weighted by atomic mass is 9.86. The van der Waals surface area contributed by atoms with Gasteiger partial charge in [0.1, 0.15) is 0 Å². The van der Waals surface area contributed by atoms with Crippen LogP contribution in [0.4, 0.5) is 0 Å². The summed E-state index contributed by atoms with van der Waals surface area (Å²) in [6, 6.07) is 8.62. The van der Waals surface area contributed by atoms with Crippen LogP contribution in [0.25, 0.3) is 0 Å². The lowest BCUT2D eigenvalue weighted by Gasteiger charge is -2.27. The Morgan fingerprint density at radius 2 is 1.76 bits per heavy atom. The molecule has 2 aromatic rings. The summed E-state index contributed by atoms with van der Waals surface area (Å²) in [4.78, 5) is 1.26. The molecule has 1 nitrogen and oxygen atoms in total. The van der Waals surface area contributed by atoms with E-state index >= 15 is 0 Å². The van der Waals surface area contributed by atoms with Gasteiger partial charge in [0, 0.05) is 4.88 Å². The Morgan fingerprint density at radius 3 is 2.35 bits per heavy atom. The standard InChI is InChI=1S/C15H19NS/c1-10-5-6-11(2)13(9-10)15(4,16)14-12(3)7-8-17-14/h5-9H,16H2,1-4H3. The molecule has 0 aliphatic carbocycles. The minimum Gasteiger partial charge on any atom is -0.317 e. The van der Waals surface area contributed by atoms with Crippen molar-refractivity contribution in [1.29, 1.82) is 0 Å². The second-order valence-corrected chi connectivity index (χ2v) is 5.87. The quantitative estimate of drug-likeness (QED) is 0.853. The summed E-state index contributed by atoms with van der Waals surface area (Å²) in [5, 5.41) is 2.11. The molecule has 2 heteroatoms. The van der Waals surface area contributed by atoms with E-state index in [4.69, 9.17) is 5.73 Å². The molecule has 1 aromatic heterocycles. The first kappa shape index (κ1) is 12.3. The number of aryl methyl sites for hydroxylation is 3. The molecule has 90 valence electrons. The van der Waals surface area contributed by atoms with E-state index in [9.17, 15) is 0 Å². The molecule has 1 heterocycles. The largest absolute Gasteiger partial charge is 0.317 e. The van der Waals surface area contributed by atoms with Crippen LogP contribution in [0, 0.1) is 20.8 Å². The molecular weight excluding hydrogens is 226 g/mol.